The van der Waals surface area contributed by atoms with Gasteiger partial charge in [0.15, 0.2) is 5.69 Å². The molecule has 3 rings (SSSR count). The molecule has 1 aromatic carbocycles. The van der Waals surface area contributed by atoms with Crippen LogP contribution in [0, 0.1) is 0 Å². The average Bonchev–Trinajstić information content (AvgIpc) is 2.88. The lowest BCUT2D eigenvalue weighted by atomic mass is 10.2. The maximum atomic E-state index is 12.0. The van der Waals surface area contributed by atoms with E-state index in [4.69, 9.17) is 16.3 Å². The zero-order chi connectivity index (χ0) is 14.8. The summed E-state index contributed by atoms with van der Waals surface area (Å²) in [5.74, 6) is 0.270. The van der Waals surface area contributed by atoms with Crippen molar-refractivity contribution in [3.63, 3.8) is 0 Å². The number of carbonyl (C=O) groups is 1. The van der Waals surface area contributed by atoms with E-state index in [0.717, 1.165) is 11.1 Å². The standard InChI is InChI=1S/C16H13ClN2O2/c1-2-21-16(20)14-13-5-3-4-10-19(13)15(18-14)11-6-8-12(17)9-7-11/h3-10H,2H2,1H3. The molecule has 0 saturated heterocycles. The summed E-state index contributed by atoms with van der Waals surface area (Å²) >= 11 is 5.91. The fourth-order valence-corrected chi connectivity index (χ4v) is 2.32. The molecule has 0 unspecified atom stereocenters. The predicted molar refractivity (Wildman–Crippen MR) is 81.6 cm³/mol. The summed E-state index contributed by atoms with van der Waals surface area (Å²) < 4.78 is 6.94. The molecule has 0 aliphatic rings. The van der Waals surface area contributed by atoms with Crippen LogP contribution >= 0.6 is 11.6 Å². The van der Waals surface area contributed by atoms with Gasteiger partial charge in [-0.15, -0.1) is 0 Å². The summed E-state index contributed by atoms with van der Waals surface area (Å²) in [6, 6.07) is 12.9. The molecule has 0 N–H and O–H groups in total. The molecule has 106 valence electrons. The number of pyridine rings is 1. The molecule has 0 spiro atoms. The number of hydrogen-bond acceptors (Lipinski definition) is 3. The molecule has 0 aliphatic heterocycles. The third kappa shape index (κ3) is 2.50. The summed E-state index contributed by atoms with van der Waals surface area (Å²) in [7, 11) is 0. The number of benzene rings is 1. The number of hydrogen-bond donors (Lipinski definition) is 0. The molecule has 2 aromatic heterocycles. The van der Waals surface area contributed by atoms with Crippen LogP contribution in [0.2, 0.25) is 5.02 Å². The van der Waals surface area contributed by atoms with Gasteiger partial charge in [-0.25, -0.2) is 9.78 Å². The number of imidazole rings is 1. The van der Waals surface area contributed by atoms with E-state index in [-0.39, 0.29) is 0 Å². The lowest BCUT2D eigenvalue weighted by Crippen LogP contribution is -2.05. The molecule has 2 heterocycles. The Morgan fingerprint density at radius 1 is 1.24 bits per heavy atom. The van der Waals surface area contributed by atoms with Crippen molar-refractivity contribution in [2.45, 2.75) is 6.92 Å². The molecule has 0 radical (unpaired) electrons. The van der Waals surface area contributed by atoms with Gasteiger partial charge in [0.25, 0.3) is 0 Å². The van der Waals surface area contributed by atoms with Crippen LogP contribution in [0.4, 0.5) is 0 Å². The van der Waals surface area contributed by atoms with Crippen LogP contribution < -0.4 is 0 Å². The van der Waals surface area contributed by atoms with E-state index in [1.54, 1.807) is 19.1 Å². The molecular weight excluding hydrogens is 288 g/mol. The molecule has 4 nitrogen and oxygen atoms in total. The van der Waals surface area contributed by atoms with Crippen molar-refractivity contribution in [3.8, 4) is 11.4 Å². The highest BCUT2D eigenvalue weighted by molar-refractivity contribution is 6.30. The summed E-state index contributed by atoms with van der Waals surface area (Å²) in [5.41, 5.74) is 1.93. The SMILES string of the molecule is CCOC(=O)c1nc(-c2ccc(Cl)cc2)n2ccccc12. The van der Waals surface area contributed by atoms with Crippen molar-refractivity contribution in [1.82, 2.24) is 9.38 Å². The van der Waals surface area contributed by atoms with E-state index in [9.17, 15) is 4.79 Å². The Kier molecular flexibility index (Phi) is 3.62. The highest BCUT2D eigenvalue weighted by Gasteiger charge is 2.18. The van der Waals surface area contributed by atoms with Crippen LogP contribution in [0.1, 0.15) is 17.4 Å². The van der Waals surface area contributed by atoms with E-state index in [1.807, 2.05) is 40.9 Å². The molecule has 5 heteroatoms. The van der Waals surface area contributed by atoms with E-state index in [0.29, 0.717) is 23.1 Å². The molecule has 3 aromatic rings. The minimum absolute atomic E-state index is 0.320. The molecule has 0 fully saturated rings. The molecule has 0 amide bonds. The Bertz CT molecular complexity index is 794. The van der Waals surface area contributed by atoms with Gasteiger partial charge in [0.1, 0.15) is 5.82 Å². The summed E-state index contributed by atoms with van der Waals surface area (Å²) in [6.45, 7) is 2.09. The highest BCUT2D eigenvalue weighted by atomic mass is 35.5. The number of fused-ring (bicyclic) bond motifs is 1. The third-order valence-corrected chi connectivity index (χ3v) is 3.37. The van der Waals surface area contributed by atoms with Crippen LogP contribution in [0.3, 0.4) is 0 Å². The van der Waals surface area contributed by atoms with E-state index >= 15 is 0 Å². The maximum Gasteiger partial charge on any atom is 0.359 e. The van der Waals surface area contributed by atoms with Crippen molar-refractivity contribution in [1.29, 1.82) is 0 Å². The number of nitrogens with zero attached hydrogens (tertiary/aromatic N) is 2. The Morgan fingerprint density at radius 3 is 2.71 bits per heavy atom. The molecule has 0 atom stereocenters. The van der Waals surface area contributed by atoms with Crippen LogP contribution in [0.5, 0.6) is 0 Å². The van der Waals surface area contributed by atoms with Gasteiger partial charge in [0.05, 0.1) is 12.1 Å². The summed E-state index contributed by atoms with van der Waals surface area (Å²) in [4.78, 5) is 16.5. The van der Waals surface area contributed by atoms with Crippen molar-refractivity contribution >= 4 is 23.1 Å². The Morgan fingerprint density at radius 2 is 2.00 bits per heavy atom. The molecule has 0 aliphatic carbocycles. The fourth-order valence-electron chi connectivity index (χ4n) is 2.19. The maximum absolute atomic E-state index is 12.0. The van der Waals surface area contributed by atoms with Gasteiger partial charge >= 0.3 is 5.97 Å². The topological polar surface area (TPSA) is 43.6 Å². The smallest absolute Gasteiger partial charge is 0.359 e. The van der Waals surface area contributed by atoms with Crippen molar-refractivity contribution < 1.29 is 9.53 Å². The molecule has 0 saturated carbocycles. The number of esters is 1. The normalized spacial score (nSPS) is 10.8. The average molecular weight is 301 g/mol. The van der Waals surface area contributed by atoms with Gasteiger partial charge in [0, 0.05) is 16.8 Å². The minimum atomic E-state index is -0.415. The van der Waals surface area contributed by atoms with Crippen LogP contribution in [-0.4, -0.2) is 22.0 Å². The number of carbonyl (C=O) groups excluding carboxylic acids is 1. The van der Waals surface area contributed by atoms with Crippen LogP contribution in [-0.2, 0) is 4.74 Å². The Balaban J connectivity index is 2.19. The van der Waals surface area contributed by atoms with Gasteiger partial charge in [0.2, 0.25) is 0 Å². The van der Waals surface area contributed by atoms with Gasteiger partial charge in [-0.1, -0.05) is 17.7 Å². The first-order valence-corrected chi connectivity index (χ1v) is 6.98. The third-order valence-electron chi connectivity index (χ3n) is 3.12. The summed E-state index contributed by atoms with van der Waals surface area (Å²) in [5, 5.41) is 0.658. The van der Waals surface area contributed by atoms with E-state index in [1.165, 1.54) is 0 Å². The highest BCUT2D eigenvalue weighted by Crippen LogP contribution is 2.24. The monoisotopic (exact) mass is 300 g/mol. The number of rotatable bonds is 3. The lowest BCUT2D eigenvalue weighted by Gasteiger charge is -2.00. The largest absolute Gasteiger partial charge is 0.461 e. The van der Waals surface area contributed by atoms with E-state index < -0.39 is 5.97 Å². The van der Waals surface area contributed by atoms with Gasteiger partial charge in [-0.3, -0.25) is 4.40 Å². The van der Waals surface area contributed by atoms with Crippen molar-refractivity contribution in [3.05, 3.63) is 59.4 Å². The first kappa shape index (κ1) is 13.6. The zero-order valence-corrected chi connectivity index (χ0v) is 12.2. The number of ether oxygens (including phenoxy) is 1. The molecule has 0 bridgehead atoms. The molecule has 21 heavy (non-hydrogen) atoms. The van der Waals surface area contributed by atoms with Gasteiger partial charge < -0.3 is 4.74 Å². The van der Waals surface area contributed by atoms with Gasteiger partial charge in [-0.2, -0.15) is 0 Å². The lowest BCUT2D eigenvalue weighted by molar-refractivity contribution is 0.0522. The quantitative estimate of drug-likeness (QED) is 0.690. The second-order valence-corrected chi connectivity index (χ2v) is 4.90. The first-order valence-electron chi connectivity index (χ1n) is 6.61. The van der Waals surface area contributed by atoms with Crippen LogP contribution in [0.25, 0.3) is 16.9 Å². The summed E-state index contributed by atoms with van der Waals surface area (Å²) in [6.07, 6.45) is 1.87. The second kappa shape index (κ2) is 5.58. The fraction of sp³-hybridized carbons (Fsp3) is 0.125. The number of aromatic nitrogens is 2. The Hall–Kier alpha value is -2.33. The van der Waals surface area contributed by atoms with Gasteiger partial charge in [-0.05, 0) is 43.3 Å². The van der Waals surface area contributed by atoms with E-state index in [2.05, 4.69) is 4.98 Å². The minimum Gasteiger partial charge on any atom is -0.461 e. The van der Waals surface area contributed by atoms with Crippen LogP contribution in [0.15, 0.2) is 48.7 Å². The molecular formula is C16H13ClN2O2. The van der Waals surface area contributed by atoms with Crippen molar-refractivity contribution in [2.75, 3.05) is 6.61 Å². The first-order chi connectivity index (χ1) is 10.2. The number of halogens is 1. The Labute approximate surface area is 126 Å². The zero-order valence-electron chi connectivity index (χ0n) is 11.4. The second-order valence-electron chi connectivity index (χ2n) is 4.47. The van der Waals surface area contributed by atoms with Crippen molar-refractivity contribution in [2.24, 2.45) is 0 Å². The predicted octanol–water partition coefficient (Wildman–Crippen LogP) is 3.83.